The maximum atomic E-state index is 11.3. The van der Waals surface area contributed by atoms with Crippen molar-refractivity contribution in [2.45, 2.75) is 38.7 Å². The number of benzene rings is 1. The fourth-order valence-electron chi connectivity index (χ4n) is 2.25. The molecule has 86 valence electrons. The van der Waals surface area contributed by atoms with Gasteiger partial charge < -0.3 is 4.74 Å². The van der Waals surface area contributed by atoms with Gasteiger partial charge in [-0.1, -0.05) is 37.3 Å². The molecule has 2 heteroatoms. The third kappa shape index (κ3) is 3.09. The lowest BCUT2D eigenvalue weighted by Crippen LogP contribution is -2.28. The van der Waals surface area contributed by atoms with E-state index < -0.39 is 0 Å². The molecule has 0 aromatic heterocycles. The summed E-state index contributed by atoms with van der Waals surface area (Å²) in [6.07, 6.45) is 3.66. The fraction of sp³-hybridized carbons (Fsp3) is 0.500. The molecule has 1 aromatic carbocycles. The second kappa shape index (κ2) is 5.15. The molecular formula is C14H18O2. The van der Waals surface area contributed by atoms with Crippen molar-refractivity contribution in [3.05, 3.63) is 35.9 Å². The van der Waals surface area contributed by atoms with Crippen molar-refractivity contribution in [1.29, 1.82) is 0 Å². The minimum absolute atomic E-state index is 0.0307. The Hall–Kier alpha value is -1.31. The monoisotopic (exact) mass is 218 g/mol. The normalized spacial score (nSPS) is 25.2. The van der Waals surface area contributed by atoms with Crippen LogP contribution in [0.15, 0.2) is 30.3 Å². The quantitative estimate of drug-likeness (QED) is 0.729. The van der Waals surface area contributed by atoms with Gasteiger partial charge in [0.05, 0.1) is 0 Å². The van der Waals surface area contributed by atoms with Crippen molar-refractivity contribution < 1.29 is 9.53 Å². The highest BCUT2D eigenvalue weighted by atomic mass is 16.5. The molecule has 16 heavy (non-hydrogen) atoms. The Balaban J connectivity index is 1.84. The van der Waals surface area contributed by atoms with Crippen LogP contribution in [0.1, 0.15) is 31.7 Å². The summed E-state index contributed by atoms with van der Waals surface area (Å²) in [6.45, 7) is 2.12. The van der Waals surface area contributed by atoms with Crippen LogP contribution in [0.4, 0.5) is 0 Å². The molecule has 1 aromatic rings. The van der Waals surface area contributed by atoms with E-state index in [0.29, 0.717) is 12.3 Å². The Labute approximate surface area is 96.6 Å². The maximum absolute atomic E-state index is 11.3. The third-order valence-electron chi connectivity index (χ3n) is 3.08. The molecule has 1 fully saturated rings. The van der Waals surface area contributed by atoms with E-state index in [1.54, 1.807) is 0 Å². The maximum Gasteiger partial charge on any atom is 0.306 e. The van der Waals surface area contributed by atoms with E-state index in [1.807, 2.05) is 18.2 Å². The smallest absolute Gasteiger partial charge is 0.306 e. The molecule has 1 aliphatic rings. The molecule has 2 atom stereocenters. The van der Waals surface area contributed by atoms with Gasteiger partial charge in [-0.3, -0.25) is 4.79 Å². The Bertz CT molecular complexity index is 345. The van der Waals surface area contributed by atoms with Crippen molar-refractivity contribution in [2.24, 2.45) is 5.92 Å². The zero-order valence-corrected chi connectivity index (χ0v) is 9.69. The molecule has 2 rings (SSSR count). The number of carbonyl (C=O) groups excluding carboxylic acids is 1. The van der Waals surface area contributed by atoms with Gasteiger partial charge in [0, 0.05) is 6.42 Å². The highest BCUT2D eigenvalue weighted by Crippen LogP contribution is 2.23. The number of esters is 1. The predicted molar refractivity (Wildman–Crippen MR) is 63.0 cm³/mol. The van der Waals surface area contributed by atoms with E-state index >= 15 is 0 Å². The topological polar surface area (TPSA) is 26.3 Å². The number of hydrogen-bond acceptors (Lipinski definition) is 2. The predicted octanol–water partition coefficient (Wildman–Crippen LogP) is 2.96. The largest absolute Gasteiger partial charge is 0.462 e. The molecule has 0 N–H and O–H groups in total. The van der Waals surface area contributed by atoms with Gasteiger partial charge in [-0.2, -0.15) is 0 Å². The van der Waals surface area contributed by atoms with Gasteiger partial charge in [-0.05, 0) is 30.7 Å². The molecule has 1 heterocycles. The van der Waals surface area contributed by atoms with Crippen molar-refractivity contribution in [3.63, 3.8) is 0 Å². The number of ether oxygens (including phenoxy) is 1. The fourth-order valence-corrected chi connectivity index (χ4v) is 2.25. The zero-order valence-electron chi connectivity index (χ0n) is 9.69. The molecule has 0 spiro atoms. The van der Waals surface area contributed by atoms with E-state index in [4.69, 9.17) is 4.74 Å². The van der Waals surface area contributed by atoms with E-state index in [0.717, 1.165) is 19.3 Å². The van der Waals surface area contributed by atoms with Gasteiger partial charge in [0.15, 0.2) is 0 Å². The molecule has 0 unspecified atom stereocenters. The number of aryl methyl sites for hydroxylation is 1. The van der Waals surface area contributed by atoms with Crippen LogP contribution in [0.3, 0.4) is 0 Å². The van der Waals surface area contributed by atoms with Gasteiger partial charge in [0.2, 0.25) is 0 Å². The first-order valence-electron chi connectivity index (χ1n) is 5.97. The second-order valence-corrected chi connectivity index (χ2v) is 4.68. The number of cyclic esters (lactones) is 1. The molecule has 2 nitrogen and oxygen atoms in total. The standard InChI is InChI=1S/C14H18O2/c1-11-9-13(16-14(15)10-11)8-7-12-5-3-2-4-6-12/h2-6,11,13H,7-10H2,1H3/t11-,13-/m1/s1. The Morgan fingerprint density at radius 3 is 2.75 bits per heavy atom. The summed E-state index contributed by atoms with van der Waals surface area (Å²) >= 11 is 0. The molecule has 0 radical (unpaired) electrons. The highest BCUT2D eigenvalue weighted by molar-refractivity contribution is 5.70. The van der Waals surface area contributed by atoms with Gasteiger partial charge >= 0.3 is 5.97 Å². The van der Waals surface area contributed by atoms with Crippen LogP contribution in [0.5, 0.6) is 0 Å². The van der Waals surface area contributed by atoms with Crippen LogP contribution in [0.2, 0.25) is 0 Å². The number of carbonyl (C=O) groups is 1. The number of rotatable bonds is 3. The Kier molecular flexibility index (Phi) is 3.60. The average Bonchev–Trinajstić information content (AvgIpc) is 2.27. The summed E-state index contributed by atoms with van der Waals surface area (Å²) in [6, 6.07) is 10.4. The van der Waals surface area contributed by atoms with Gasteiger partial charge in [0.25, 0.3) is 0 Å². The molecule has 1 aliphatic heterocycles. The molecule has 0 amide bonds. The summed E-state index contributed by atoms with van der Waals surface area (Å²) in [4.78, 5) is 11.3. The van der Waals surface area contributed by atoms with Crippen molar-refractivity contribution in [1.82, 2.24) is 0 Å². The minimum Gasteiger partial charge on any atom is -0.462 e. The van der Waals surface area contributed by atoms with Gasteiger partial charge in [0.1, 0.15) is 6.10 Å². The van der Waals surface area contributed by atoms with Crippen LogP contribution < -0.4 is 0 Å². The summed E-state index contributed by atoms with van der Waals surface area (Å²) < 4.78 is 5.34. The summed E-state index contributed by atoms with van der Waals surface area (Å²) in [5.74, 6) is 0.443. The van der Waals surface area contributed by atoms with Crippen LogP contribution in [0, 0.1) is 5.92 Å². The summed E-state index contributed by atoms with van der Waals surface area (Å²) in [7, 11) is 0. The van der Waals surface area contributed by atoms with E-state index in [2.05, 4.69) is 19.1 Å². The lowest BCUT2D eigenvalue weighted by Gasteiger charge is -2.26. The second-order valence-electron chi connectivity index (χ2n) is 4.68. The third-order valence-corrected chi connectivity index (χ3v) is 3.08. The van der Waals surface area contributed by atoms with Crippen LogP contribution in [-0.4, -0.2) is 12.1 Å². The van der Waals surface area contributed by atoms with E-state index in [-0.39, 0.29) is 12.1 Å². The molecule has 0 saturated carbocycles. The number of hydrogen-bond donors (Lipinski definition) is 0. The van der Waals surface area contributed by atoms with Crippen LogP contribution in [-0.2, 0) is 16.0 Å². The first-order chi connectivity index (χ1) is 7.74. The Morgan fingerprint density at radius 2 is 2.06 bits per heavy atom. The molecular weight excluding hydrogens is 200 g/mol. The van der Waals surface area contributed by atoms with E-state index in [9.17, 15) is 4.79 Å². The molecule has 0 bridgehead atoms. The first-order valence-corrected chi connectivity index (χ1v) is 5.97. The lowest BCUT2D eigenvalue weighted by molar-refractivity contribution is -0.156. The average molecular weight is 218 g/mol. The van der Waals surface area contributed by atoms with Crippen LogP contribution >= 0.6 is 0 Å². The van der Waals surface area contributed by atoms with Crippen molar-refractivity contribution >= 4 is 5.97 Å². The van der Waals surface area contributed by atoms with E-state index in [1.165, 1.54) is 5.56 Å². The molecule has 1 saturated heterocycles. The summed E-state index contributed by atoms with van der Waals surface area (Å²) in [5, 5.41) is 0. The van der Waals surface area contributed by atoms with Crippen LogP contribution in [0.25, 0.3) is 0 Å². The lowest BCUT2D eigenvalue weighted by atomic mass is 9.94. The van der Waals surface area contributed by atoms with Crippen molar-refractivity contribution in [2.75, 3.05) is 0 Å². The molecule has 0 aliphatic carbocycles. The summed E-state index contributed by atoms with van der Waals surface area (Å²) in [5.41, 5.74) is 1.32. The Morgan fingerprint density at radius 1 is 1.31 bits per heavy atom. The van der Waals surface area contributed by atoms with Crippen molar-refractivity contribution in [3.8, 4) is 0 Å². The minimum atomic E-state index is -0.0307. The SMILES string of the molecule is C[C@H]1CC(=O)O[C@H](CCc2ccccc2)C1. The zero-order chi connectivity index (χ0) is 11.4. The van der Waals surface area contributed by atoms with Gasteiger partial charge in [-0.25, -0.2) is 0 Å². The highest BCUT2D eigenvalue weighted by Gasteiger charge is 2.25. The van der Waals surface area contributed by atoms with Gasteiger partial charge in [-0.15, -0.1) is 0 Å². The first kappa shape index (κ1) is 11.2.